The number of amides is 2. The number of oxazole rings is 1. The van der Waals surface area contributed by atoms with Crippen molar-refractivity contribution >= 4 is 17.8 Å². The maximum Gasteiger partial charge on any atom is 0.302 e. The summed E-state index contributed by atoms with van der Waals surface area (Å²) in [4.78, 5) is 27.8. The van der Waals surface area contributed by atoms with Gasteiger partial charge in [-0.3, -0.25) is 14.9 Å². The topological polar surface area (TPSA) is 119 Å². The predicted molar refractivity (Wildman–Crippen MR) is 89.9 cm³/mol. The zero-order chi connectivity index (χ0) is 19.2. The number of nitrogens with zero attached hydrogens (tertiary/aromatic N) is 2. The summed E-state index contributed by atoms with van der Waals surface area (Å²) in [5.41, 5.74) is 0.0538. The lowest BCUT2D eigenvalue weighted by atomic mass is 10.3. The molecule has 0 unspecified atom stereocenters. The monoisotopic (exact) mass is 374 g/mol. The van der Waals surface area contributed by atoms with Gasteiger partial charge in [-0.15, -0.1) is 0 Å². The van der Waals surface area contributed by atoms with Gasteiger partial charge in [0.1, 0.15) is 30.2 Å². The number of rotatable bonds is 7. The Morgan fingerprint density at radius 1 is 1.19 bits per heavy atom. The van der Waals surface area contributed by atoms with Crippen molar-refractivity contribution in [2.45, 2.75) is 6.92 Å². The second-order valence-electron chi connectivity index (χ2n) is 5.37. The average molecular weight is 374 g/mol. The molecular weight excluding hydrogens is 359 g/mol. The van der Waals surface area contributed by atoms with Crippen LogP contribution in [0.2, 0.25) is 0 Å². The first-order valence-corrected chi connectivity index (χ1v) is 7.88. The van der Waals surface area contributed by atoms with Gasteiger partial charge in [-0.2, -0.15) is 4.98 Å². The zero-order valence-corrected chi connectivity index (χ0v) is 14.2. The number of nitrogens with one attached hydrogen (secondary N) is 2. The van der Waals surface area contributed by atoms with Crippen LogP contribution >= 0.6 is 0 Å². The molecule has 2 aromatic heterocycles. The van der Waals surface area contributed by atoms with Crippen molar-refractivity contribution in [1.29, 1.82) is 0 Å². The van der Waals surface area contributed by atoms with E-state index in [1.54, 1.807) is 6.92 Å². The molecule has 0 aliphatic carbocycles. The van der Waals surface area contributed by atoms with Gasteiger partial charge in [-0.05, 0) is 31.2 Å². The van der Waals surface area contributed by atoms with Gasteiger partial charge in [-0.1, -0.05) is 5.16 Å². The van der Waals surface area contributed by atoms with Crippen molar-refractivity contribution in [3.05, 3.63) is 59.6 Å². The van der Waals surface area contributed by atoms with Crippen LogP contribution in [0.15, 0.2) is 45.5 Å². The Bertz CT molecular complexity index is 935. The van der Waals surface area contributed by atoms with Crippen molar-refractivity contribution in [2.75, 3.05) is 18.5 Å². The molecule has 2 heterocycles. The number of ether oxygens (including phenoxy) is 1. The second kappa shape index (κ2) is 8.13. The Morgan fingerprint density at radius 2 is 1.96 bits per heavy atom. The van der Waals surface area contributed by atoms with Crippen LogP contribution in [0.5, 0.6) is 5.75 Å². The van der Waals surface area contributed by atoms with Crippen molar-refractivity contribution < 1.29 is 27.7 Å². The molecule has 0 atom stereocenters. The van der Waals surface area contributed by atoms with Crippen LogP contribution in [-0.2, 0) is 0 Å². The predicted octanol–water partition coefficient (Wildman–Crippen LogP) is 2.17. The molecule has 0 saturated carbocycles. The minimum absolute atomic E-state index is 0.0107. The summed E-state index contributed by atoms with van der Waals surface area (Å²) in [6.07, 6.45) is 1.11. The summed E-state index contributed by atoms with van der Waals surface area (Å²) < 4.78 is 28.0. The summed E-state index contributed by atoms with van der Waals surface area (Å²) >= 11 is 0. The Balaban J connectivity index is 1.45. The highest BCUT2D eigenvalue weighted by molar-refractivity contribution is 6.02. The summed E-state index contributed by atoms with van der Waals surface area (Å²) in [5.74, 6) is -0.466. The number of hydrogen-bond donors (Lipinski definition) is 2. The fourth-order valence-corrected chi connectivity index (χ4v) is 2.02. The fraction of sp³-hybridized carbons (Fsp3) is 0.176. The molecule has 0 aliphatic heterocycles. The van der Waals surface area contributed by atoms with E-state index in [2.05, 4.69) is 20.8 Å². The lowest BCUT2D eigenvalue weighted by molar-refractivity contribution is 0.0940. The van der Waals surface area contributed by atoms with E-state index in [1.807, 2.05) is 0 Å². The van der Waals surface area contributed by atoms with Crippen LogP contribution in [-0.4, -0.2) is 35.1 Å². The summed E-state index contributed by atoms with van der Waals surface area (Å²) in [7, 11) is 0. The summed E-state index contributed by atoms with van der Waals surface area (Å²) in [5, 5.41) is 8.51. The molecule has 0 spiro atoms. The number of benzene rings is 1. The average Bonchev–Trinajstić information content (AvgIpc) is 3.29. The molecule has 10 heteroatoms. The molecule has 3 aromatic rings. The van der Waals surface area contributed by atoms with Gasteiger partial charge in [0.15, 0.2) is 11.4 Å². The van der Waals surface area contributed by atoms with Gasteiger partial charge < -0.3 is 19.0 Å². The van der Waals surface area contributed by atoms with E-state index < -0.39 is 11.8 Å². The van der Waals surface area contributed by atoms with Gasteiger partial charge in [0.05, 0.1) is 6.54 Å². The Labute approximate surface area is 152 Å². The van der Waals surface area contributed by atoms with E-state index in [9.17, 15) is 14.0 Å². The first-order chi connectivity index (χ1) is 13.0. The van der Waals surface area contributed by atoms with E-state index in [1.165, 1.54) is 30.3 Å². The van der Waals surface area contributed by atoms with E-state index in [0.717, 1.165) is 6.26 Å². The van der Waals surface area contributed by atoms with Crippen molar-refractivity contribution in [3.8, 4) is 5.75 Å². The number of carbonyl (C=O) groups excluding carboxylic acids is 2. The van der Waals surface area contributed by atoms with Crippen LogP contribution in [0.25, 0.3) is 0 Å². The molecule has 0 aliphatic rings. The van der Waals surface area contributed by atoms with Crippen LogP contribution in [0, 0.1) is 12.7 Å². The highest BCUT2D eigenvalue weighted by Gasteiger charge is 2.16. The van der Waals surface area contributed by atoms with Crippen LogP contribution in [0.4, 0.5) is 10.4 Å². The highest BCUT2D eigenvalue weighted by Crippen LogP contribution is 2.11. The third-order valence-electron chi connectivity index (χ3n) is 3.29. The lowest BCUT2D eigenvalue weighted by Crippen LogP contribution is -2.28. The minimum atomic E-state index is -0.576. The van der Waals surface area contributed by atoms with E-state index >= 15 is 0 Å². The molecule has 2 N–H and O–H groups in total. The van der Waals surface area contributed by atoms with E-state index in [4.69, 9.17) is 13.7 Å². The Kier molecular flexibility index (Phi) is 5.45. The number of aryl methyl sites for hydroxylation is 1. The molecule has 0 fully saturated rings. The first-order valence-electron chi connectivity index (χ1n) is 7.88. The third kappa shape index (κ3) is 4.91. The molecular formula is C17H15FN4O5. The normalized spacial score (nSPS) is 10.4. The van der Waals surface area contributed by atoms with Crippen LogP contribution in [0.1, 0.15) is 26.7 Å². The third-order valence-corrected chi connectivity index (χ3v) is 3.29. The molecule has 0 saturated heterocycles. The Hall–Kier alpha value is -3.69. The van der Waals surface area contributed by atoms with Crippen molar-refractivity contribution in [2.24, 2.45) is 0 Å². The van der Waals surface area contributed by atoms with Gasteiger partial charge in [0.25, 0.3) is 11.8 Å². The summed E-state index contributed by atoms with van der Waals surface area (Å²) in [6, 6.07) is 6.83. The quantitative estimate of drug-likeness (QED) is 0.608. The number of anilines is 1. The number of carbonyl (C=O) groups is 2. The van der Waals surface area contributed by atoms with Crippen LogP contribution < -0.4 is 15.4 Å². The first kappa shape index (κ1) is 18.1. The van der Waals surface area contributed by atoms with E-state index in [0.29, 0.717) is 11.5 Å². The number of halogens is 1. The van der Waals surface area contributed by atoms with Gasteiger partial charge in [0, 0.05) is 6.07 Å². The molecule has 0 bridgehead atoms. The van der Waals surface area contributed by atoms with Crippen LogP contribution in [0.3, 0.4) is 0 Å². The maximum atomic E-state index is 12.8. The lowest BCUT2D eigenvalue weighted by Gasteiger charge is -2.06. The standard InChI is InChI=1S/C17H15FN4O5/c1-10-8-13(22-27-10)16(24)21-17-20-14(9-26-17)15(23)19-6-7-25-12-4-2-11(18)3-5-12/h2-5,8-9H,6-7H2,1H3,(H,19,23)(H,20,21,24). The molecule has 2 amide bonds. The summed E-state index contributed by atoms with van der Waals surface area (Å²) in [6.45, 7) is 2.03. The molecule has 3 rings (SSSR count). The SMILES string of the molecule is Cc1cc(C(=O)Nc2nc(C(=O)NCCOc3ccc(F)cc3)co2)no1. The molecule has 27 heavy (non-hydrogen) atoms. The van der Waals surface area contributed by atoms with Gasteiger partial charge in [-0.25, -0.2) is 4.39 Å². The Morgan fingerprint density at radius 3 is 2.67 bits per heavy atom. The van der Waals surface area contributed by atoms with Crippen molar-refractivity contribution in [1.82, 2.24) is 15.5 Å². The number of hydrogen-bond acceptors (Lipinski definition) is 7. The second-order valence-corrected chi connectivity index (χ2v) is 5.37. The van der Waals surface area contributed by atoms with Gasteiger partial charge in [0.2, 0.25) is 0 Å². The van der Waals surface area contributed by atoms with Crippen molar-refractivity contribution in [3.63, 3.8) is 0 Å². The highest BCUT2D eigenvalue weighted by atomic mass is 19.1. The largest absolute Gasteiger partial charge is 0.492 e. The van der Waals surface area contributed by atoms with E-state index in [-0.39, 0.29) is 36.4 Å². The zero-order valence-electron chi connectivity index (χ0n) is 14.2. The fourth-order valence-electron chi connectivity index (χ4n) is 2.02. The molecule has 9 nitrogen and oxygen atoms in total. The maximum absolute atomic E-state index is 12.8. The smallest absolute Gasteiger partial charge is 0.302 e. The molecule has 1 aromatic carbocycles. The molecule has 0 radical (unpaired) electrons. The number of aromatic nitrogens is 2. The minimum Gasteiger partial charge on any atom is -0.492 e. The molecule has 140 valence electrons. The van der Waals surface area contributed by atoms with Gasteiger partial charge >= 0.3 is 6.01 Å².